The molecule has 0 saturated carbocycles. The Morgan fingerprint density at radius 3 is 2.18 bits per heavy atom. The molecule has 1 atom stereocenters. The van der Waals surface area contributed by atoms with E-state index in [0.717, 1.165) is 33.7 Å². The summed E-state index contributed by atoms with van der Waals surface area (Å²) in [5, 5.41) is 2.88. The Labute approximate surface area is 197 Å². The molecule has 0 aromatic heterocycles. The fraction of sp³-hybridized carbons (Fsp3) is 0.440. The van der Waals surface area contributed by atoms with Gasteiger partial charge in [-0.15, -0.1) is 0 Å². The molecular formula is C25H35N3O4S. The van der Waals surface area contributed by atoms with E-state index in [0.29, 0.717) is 18.7 Å². The maximum Gasteiger partial charge on any atom is 0.244 e. The lowest BCUT2D eigenvalue weighted by atomic mass is 10.1. The molecule has 0 aliphatic carbocycles. The molecule has 8 heteroatoms. The van der Waals surface area contributed by atoms with Crippen molar-refractivity contribution in [2.75, 3.05) is 23.7 Å². The number of carbonyl (C=O) groups excluding carboxylic acids is 2. The van der Waals surface area contributed by atoms with Crippen molar-refractivity contribution in [2.45, 2.75) is 53.1 Å². The van der Waals surface area contributed by atoms with Gasteiger partial charge in [0.1, 0.15) is 12.6 Å². The first-order chi connectivity index (χ1) is 15.6. The van der Waals surface area contributed by atoms with Gasteiger partial charge in [-0.05, 0) is 49.9 Å². The first-order valence-corrected chi connectivity index (χ1v) is 13.1. The number of sulfonamides is 1. The SMILES string of the molecule is CCCNC(=O)C(CC)N(Cc1ccccc1C)C(=O)CN(c1ccc(C)cc1)S(C)(=O)=O. The van der Waals surface area contributed by atoms with Crippen LogP contribution in [0.3, 0.4) is 0 Å². The van der Waals surface area contributed by atoms with Gasteiger partial charge in [-0.2, -0.15) is 0 Å². The van der Waals surface area contributed by atoms with Crippen molar-refractivity contribution in [3.05, 3.63) is 65.2 Å². The highest BCUT2D eigenvalue weighted by Gasteiger charge is 2.31. The quantitative estimate of drug-likeness (QED) is 0.542. The zero-order valence-electron chi connectivity index (χ0n) is 20.2. The Balaban J connectivity index is 2.42. The Morgan fingerprint density at radius 1 is 1.00 bits per heavy atom. The number of carbonyl (C=O) groups is 2. The number of aryl methyl sites for hydroxylation is 2. The van der Waals surface area contributed by atoms with E-state index in [9.17, 15) is 18.0 Å². The normalized spacial score (nSPS) is 12.2. The third kappa shape index (κ3) is 7.32. The highest BCUT2D eigenvalue weighted by Crippen LogP contribution is 2.21. The van der Waals surface area contributed by atoms with Crippen molar-refractivity contribution in [2.24, 2.45) is 0 Å². The molecule has 0 aliphatic rings. The molecule has 2 aromatic carbocycles. The minimum atomic E-state index is -3.72. The number of hydrogen-bond donors (Lipinski definition) is 1. The van der Waals surface area contributed by atoms with E-state index in [-0.39, 0.29) is 19.0 Å². The molecule has 180 valence electrons. The number of nitrogens with one attached hydrogen (secondary N) is 1. The van der Waals surface area contributed by atoms with E-state index in [1.807, 2.05) is 52.0 Å². The highest BCUT2D eigenvalue weighted by atomic mass is 32.2. The molecule has 7 nitrogen and oxygen atoms in total. The molecule has 1 N–H and O–H groups in total. The summed E-state index contributed by atoms with van der Waals surface area (Å²) in [5.41, 5.74) is 3.31. The summed E-state index contributed by atoms with van der Waals surface area (Å²) in [5.74, 6) is -0.662. The van der Waals surface area contributed by atoms with Crippen molar-refractivity contribution in [3.8, 4) is 0 Å². The second kappa shape index (κ2) is 11.8. The lowest BCUT2D eigenvalue weighted by molar-refractivity contribution is -0.140. The van der Waals surface area contributed by atoms with Gasteiger partial charge in [0.25, 0.3) is 0 Å². The third-order valence-corrected chi connectivity index (χ3v) is 6.68. The molecule has 33 heavy (non-hydrogen) atoms. The Hall–Kier alpha value is -2.87. The van der Waals surface area contributed by atoms with Crippen LogP contribution in [0.25, 0.3) is 0 Å². The summed E-state index contributed by atoms with van der Waals surface area (Å²) >= 11 is 0. The molecule has 0 spiro atoms. The van der Waals surface area contributed by atoms with Crippen LogP contribution in [-0.4, -0.2) is 50.5 Å². The number of hydrogen-bond acceptors (Lipinski definition) is 4. The molecule has 2 rings (SSSR count). The topological polar surface area (TPSA) is 86.8 Å². The van der Waals surface area contributed by atoms with Gasteiger partial charge in [-0.1, -0.05) is 55.8 Å². The van der Waals surface area contributed by atoms with E-state index in [4.69, 9.17) is 0 Å². The lowest BCUT2D eigenvalue weighted by Gasteiger charge is -2.33. The van der Waals surface area contributed by atoms with Crippen LogP contribution in [0.15, 0.2) is 48.5 Å². The summed E-state index contributed by atoms with van der Waals surface area (Å²) in [4.78, 5) is 28.0. The zero-order valence-corrected chi connectivity index (χ0v) is 21.0. The first-order valence-electron chi connectivity index (χ1n) is 11.2. The van der Waals surface area contributed by atoms with E-state index >= 15 is 0 Å². The number of benzene rings is 2. The predicted octanol–water partition coefficient (Wildman–Crippen LogP) is 3.40. The van der Waals surface area contributed by atoms with Crippen LogP contribution in [-0.2, 0) is 26.2 Å². The summed E-state index contributed by atoms with van der Waals surface area (Å²) in [6.07, 6.45) is 2.27. The van der Waals surface area contributed by atoms with Crippen LogP contribution < -0.4 is 9.62 Å². The van der Waals surface area contributed by atoms with Crippen LogP contribution in [0.5, 0.6) is 0 Å². The fourth-order valence-corrected chi connectivity index (χ4v) is 4.43. The van der Waals surface area contributed by atoms with Gasteiger partial charge in [-0.25, -0.2) is 8.42 Å². The van der Waals surface area contributed by atoms with Crippen LogP contribution in [0.1, 0.15) is 43.4 Å². The number of rotatable bonds is 11. The van der Waals surface area contributed by atoms with Gasteiger partial charge in [-0.3, -0.25) is 13.9 Å². The molecular weight excluding hydrogens is 438 g/mol. The Bertz CT molecular complexity index is 1050. The molecule has 2 amide bonds. The third-order valence-electron chi connectivity index (χ3n) is 5.54. The Morgan fingerprint density at radius 2 is 1.64 bits per heavy atom. The molecule has 0 heterocycles. The van der Waals surface area contributed by atoms with Crippen molar-refractivity contribution in [1.82, 2.24) is 10.2 Å². The van der Waals surface area contributed by atoms with Gasteiger partial charge < -0.3 is 10.2 Å². The van der Waals surface area contributed by atoms with Crippen molar-refractivity contribution < 1.29 is 18.0 Å². The Kier molecular flexibility index (Phi) is 9.46. The second-order valence-corrected chi connectivity index (χ2v) is 10.2. The average molecular weight is 474 g/mol. The van der Waals surface area contributed by atoms with Gasteiger partial charge in [0.2, 0.25) is 21.8 Å². The van der Waals surface area contributed by atoms with Crippen LogP contribution >= 0.6 is 0 Å². The minimum absolute atomic E-state index is 0.217. The number of nitrogens with zero attached hydrogens (tertiary/aromatic N) is 2. The molecule has 2 aromatic rings. The maximum atomic E-state index is 13.6. The van der Waals surface area contributed by atoms with Gasteiger partial charge in [0.05, 0.1) is 11.9 Å². The molecule has 0 fully saturated rings. The molecule has 0 saturated heterocycles. The lowest BCUT2D eigenvalue weighted by Crippen LogP contribution is -2.52. The summed E-state index contributed by atoms with van der Waals surface area (Å²) in [7, 11) is -3.72. The molecule has 0 aliphatic heterocycles. The molecule has 1 unspecified atom stereocenters. The maximum absolute atomic E-state index is 13.6. The van der Waals surface area contributed by atoms with Crippen molar-refractivity contribution in [3.63, 3.8) is 0 Å². The van der Waals surface area contributed by atoms with Gasteiger partial charge >= 0.3 is 0 Å². The largest absolute Gasteiger partial charge is 0.354 e. The van der Waals surface area contributed by atoms with E-state index < -0.39 is 22.0 Å². The first kappa shape index (κ1) is 26.4. The van der Waals surface area contributed by atoms with E-state index in [1.165, 1.54) is 4.90 Å². The number of amides is 2. The molecule has 0 radical (unpaired) electrons. The molecule has 0 bridgehead atoms. The van der Waals surface area contributed by atoms with E-state index in [1.54, 1.807) is 24.3 Å². The number of anilines is 1. The highest BCUT2D eigenvalue weighted by molar-refractivity contribution is 7.92. The van der Waals surface area contributed by atoms with Gasteiger partial charge in [0.15, 0.2) is 0 Å². The summed E-state index contributed by atoms with van der Waals surface area (Å²) in [6, 6.07) is 13.9. The summed E-state index contributed by atoms with van der Waals surface area (Å²) in [6.45, 7) is 8.02. The second-order valence-electron chi connectivity index (χ2n) is 8.27. The smallest absolute Gasteiger partial charge is 0.244 e. The van der Waals surface area contributed by atoms with Crippen LogP contribution in [0.4, 0.5) is 5.69 Å². The monoisotopic (exact) mass is 473 g/mol. The van der Waals surface area contributed by atoms with Crippen molar-refractivity contribution >= 4 is 27.5 Å². The average Bonchev–Trinajstić information content (AvgIpc) is 2.77. The van der Waals surface area contributed by atoms with Crippen LogP contribution in [0, 0.1) is 13.8 Å². The summed E-state index contributed by atoms with van der Waals surface area (Å²) < 4.78 is 26.2. The predicted molar refractivity (Wildman–Crippen MR) is 132 cm³/mol. The standard InChI is InChI=1S/C25H35N3O4S/c1-6-16-26-25(30)23(7-2)27(17-21-11-9-8-10-20(21)4)24(29)18-28(33(5,31)32)22-14-12-19(3)13-15-22/h8-15,23H,6-7,16-18H2,1-5H3,(H,26,30). The van der Waals surface area contributed by atoms with Gasteiger partial charge in [0, 0.05) is 13.1 Å². The zero-order chi connectivity index (χ0) is 24.6. The van der Waals surface area contributed by atoms with E-state index in [2.05, 4.69) is 5.32 Å². The van der Waals surface area contributed by atoms with Crippen molar-refractivity contribution in [1.29, 1.82) is 0 Å². The minimum Gasteiger partial charge on any atom is -0.354 e. The van der Waals surface area contributed by atoms with Crippen LogP contribution in [0.2, 0.25) is 0 Å². The fourth-order valence-electron chi connectivity index (χ4n) is 3.58.